The summed E-state index contributed by atoms with van der Waals surface area (Å²) in [5.74, 6) is 0.782. The van der Waals surface area contributed by atoms with Crippen LogP contribution in [0.15, 0.2) is 18.2 Å². The minimum Gasteiger partial charge on any atom is -0.491 e. The molecule has 0 saturated heterocycles. The molecule has 5 N–H and O–H groups in total. The second-order valence-electron chi connectivity index (χ2n) is 3.67. The molecule has 0 aliphatic carbocycles. The molecule has 0 amide bonds. The molecule has 0 saturated carbocycles. The smallest absolute Gasteiger partial charge is 0.123 e. The van der Waals surface area contributed by atoms with Crippen molar-refractivity contribution in [1.82, 2.24) is 0 Å². The molecule has 0 heterocycles. The van der Waals surface area contributed by atoms with Gasteiger partial charge < -0.3 is 21.5 Å². The topological polar surface area (TPSA) is 73.3 Å². The second-order valence-corrected chi connectivity index (χ2v) is 3.67. The zero-order valence-corrected chi connectivity index (χ0v) is 9.29. The van der Waals surface area contributed by atoms with E-state index in [4.69, 9.17) is 16.2 Å². The standard InChI is InChI=1S/C11H19N3O/c1-8(2)15-11-6-9(13)5-10(7-11)14-4-3-12/h5-8,14H,3-4,12-13H2,1-2H3. The highest BCUT2D eigenvalue weighted by atomic mass is 16.5. The molecule has 84 valence electrons. The van der Waals surface area contributed by atoms with Gasteiger partial charge in [0.05, 0.1) is 6.10 Å². The minimum absolute atomic E-state index is 0.147. The summed E-state index contributed by atoms with van der Waals surface area (Å²) in [7, 11) is 0. The highest BCUT2D eigenvalue weighted by Crippen LogP contribution is 2.23. The van der Waals surface area contributed by atoms with Gasteiger partial charge in [-0.05, 0) is 19.9 Å². The number of hydrogen-bond donors (Lipinski definition) is 3. The number of nitrogen functional groups attached to an aromatic ring is 1. The van der Waals surface area contributed by atoms with Crippen molar-refractivity contribution in [2.75, 3.05) is 24.1 Å². The monoisotopic (exact) mass is 209 g/mol. The number of rotatable bonds is 5. The van der Waals surface area contributed by atoms with Crippen LogP contribution in [0.2, 0.25) is 0 Å². The largest absolute Gasteiger partial charge is 0.491 e. The van der Waals surface area contributed by atoms with Gasteiger partial charge in [0.2, 0.25) is 0 Å². The molecule has 0 aliphatic rings. The van der Waals surface area contributed by atoms with Crippen molar-refractivity contribution in [3.63, 3.8) is 0 Å². The first-order chi connectivity index (χ1) is 7.11. The lowest BCUT2D eigenvalue weighted by atomic mass is 10.2. The summed E-state index contributed by atoms with van der Waals surface area (Å²) in [6.07, 6.45) is 0.147. The highest BCUT2D eigenvalue weighted by Gasteiger charge is 2.01. The lowest BCUT2D eigenvalue weighted by Gasteiger charge is -2.12. The van der Waals surface area contributed by atoms with Gasteiger partial charge in [0.1, 0.15) is 5.75 Å². The molecule has 1 aromatic rings. The highest BCUT2D eigenvalue weighted by molar-refractivity contribution is 5.59. The maximum atomic E-state index is 5.76. The summed E-state index contributed by atoms with van der Waals surface area (Å²) in [5, 5.41) is 3.16. The maximum absolute atomic E-state index is 5.76. The van der Waals surface area contributed by atoms with E-state index in [0.29, 0.717) is 12.2 Å². The van der Waals surface area contributed by atoms with Gasteiger partial charge >= 0.3 is 0 Å². The quantitative estimate of drug-likeness (QED) is 0.641. The van der Waals surface area contributed by atoms with Crippen molar-refractivity contribution >= 4 is 11.4 Å². The van der Waals surface area contributed by atoms with Crippen molar-refractivity contribution in [3.05, 3.63) is 18.2 Å². The van der Waals surface area contributed by atoms with Crippen molar-refractivity contribution in [2.24, 2.45) is 5.73 Å². The van der Waals surface area contributed by atoms with Crippen LogP contribution in [0.4, 0.5) is 11.4 Å². The van der Waals surface area contributed by atoms with Crippen LogP contribution in [0.5, 0.6) is 5.75 Å². The third-order valence-corrected chi connectivity index (χ3v) is 1.77. The molecule has 0 fully saturated rings. The fourth-order valence-corrected chi connectivity index (χ4v) is 1.28. The van der Waals surface area contributed by atoms with Gasteiger partial charge in [-0.1, -0.05) is 0 Å². The molecule has 0 spiro atoms. The Morgan fingerprint density at radius 1 is 1.33 bits per heavy atom. The van der Waals surface area contributed by atoms with E-state index < -0.39 is 0 Å². The Balaban J connectivity index is 2.75. The van der Waals surface area contributed by atoms with Crippen molar-refractivity contribution < 1.29 is 4.74 Å². The molecule has 4 nitrogen and oxygen atoms in total. The Bertz CT molecular complexity index is 313. The van der Waals surface area contributed by atoms with E-state index in [1.807, 2.05) is 32.0 Å². The molecule has 0 unspecified atom stereocenters. The van der Waals surface area contributed by atoms with Crippen LogP contribution in [-0.2, 0) is 0 Å². The van der Waals surface area contributed by atoms with Gasteiger partial charge in [0.15, 0.2) is 0 Å². The number of ether oxygens (including phenoxy) is 1. The van der Waals surface area contributed by atoms with Crippen molar-refractivity contribution in [2.45, 2.75) is 20.0 Å². The van der Waals surface area contributed by atoms with E-state index in [0.717, 1.165) is 18.0 Å². The fourth-order valence-electron chi connectivity index (χ4n) is 1.28. The van der Waals surface area contributed by atoms with E-state index in [-0.39, 0.29) is 6.10 Å². The van der Waals surface area contributed by atoms with Crippen LogP contribution in [0, 0.1) is 0 Å². The Morgan fingerprint density at radius 3 is 2.67 bits per heavy atom. The molecule has 0 atom stereocenters. The number of benzene rings is 1. The van der Waals surface area contributed by atoms with Crippen LogP contribution in [-0.4, -0.2) is 19.2 Å². The SMILES string of the molecule is CC(C)Oc1cc(N)cc(NCCN)c1. The molecule has 0 aliphatic heterocycles. The Hall–Kier alpha value is -1.42. The Labute approximate surface area is 90.6 Å². The molecule has 0 aromatic heterocycles. The summed E-state index contributed by atoms with van der Waals surface area (Å²) in [6.45, 7) is 5.28. The lowest BCUT2D eigenvalue weighted by molar-refractivity contribution is 0.242. The lowest BCUT2D eigenvalue weighted by Crippen LogP contribution is -2.13. The van der Waals surface area contributed by atoms with Crippen molar-refractivity contribution in [3.8, 4) is 5.75 Å². The zero-order chi connectivity index (χ0) is 11.3. The van der Waals surface area contributed by atoms with Crippen LogP contribution < -0.4 is 21.5 Å². The molecule has 4 heteroatoms. The first-order valence-corrected chi connectivity index (χ1v) is 5.13. The molecule has 1 aromatic carbocycles. The number of nitrogens with two attached hydrogens (primary N) is 2. The fraction of sp³-hybridized carbons (Fsp3) is 0.455. The zero-order valence-electron chi connectivity index (χ0n) is 9.29. The van der Waals surface area contributed by atoms with E-state index >= 15 is 0 Å². The van der Waals surface area contributed by atoms with E-state index in [1.165, 1.54) is 0 Å². The van der Waals surface area contributed by atoms with Crippen LogP contribution in [0.25, 0.3) is 0 Å². The third kappa shape index (κ3) is 4.08. The van der Waals surface area contributed by atoms with Gasteiger partial charge in [-0.25, -0.2) is 0 Å². The van der Waals surface area contributed by atoms with Gasteiger partial charge in [0.25, 0.3) is 0 Å². The second kappa shape index (κ2) is 5.46. The van der Waals surface area contributed by atoms with Crippen LogP contribution in [0.3, 0.4) is 0 Å². The molecule has 1 rings (SSSR count). The summed E-state index contributed by atoms with van der Waals surface area (Å²) >= 11 is 0. The summed E-state index contributed by atoms with van der Waals surface area (Å²) in [5.41, 5.74) is 12.8. The minimum atomic E-state index is 0.147. The third-order valence-electron chi connectivity index (χ3n) is 1.77. The molecular weight excluding hydrogens is 190 g/mol. The van der Waals surface area contributed by atoms with Gasteiger partial charge in [-0.2, -0.15) is 0 Å². The van der Waals surface area contributed by atoms with Crippen LogP contribution >= 0.6 is 0 Å². The summed E-state index contributed by atoms with van der Waals surface area (Å²) in [6, 6.07) is 5.60. The van der Waals surface area contributed by atoms with E-state index in [2.05, 4.69) is 5.32 Å². The van der Waals surface area contributed by atoms with Gasteiger partial charge in [0, 0.05) is 36.6 Å². The van der Waals surface area contributed by atoms with Gasteiger partial charge in [-0.3, -0.25) is 0 Å². The normalized spacial score (nSPS) is 10.4. The van der Waals surface area contributed by atoms with Crippen LogP contribution in [0.1, 0.15) is 13.8 Å². The Morgan fingerprint density at radius 2 is 2.07 bits per heavy atom. The van der Waals surface area contributed by atoms with Gasteiger partial charge in [-0.15, -0.1) is 0 Å². The average Bonchev–Trinajstić information content (AvgIpc) is 2.12. The summed E-state index contributed by atoms with van der Waals surface area (Å²) < 4.78 is 5.56. The molecular formula is C11H19N3O. The number of nitrogens with one attached hydrogen (secondary N) is 1. The first kappa shape index (κ1) is 11.7. The maximum Gasteiger partial charge on any atom is 0.123 e. The van der Waals surface area contributed by atoms with E-state index in [9.17, 15) is 0 Å². The van der Waals surface area contributed by atoms with E-state index in [1.54, 1.807) is 0 Å². The molecule has 0 bridgehead atoms. The number of hydrogen-bond acceptors (Lipinski definition) is 4. The predicted molar refractivity (Wildman–Crippen MR) is 64.2 cm³/mol. The molecule has 15 heavy (non-hydrogen) atoms. The molecule has 0 radical (unpaired) electrons. The number of anilines is 2. The summed E-state index contributed by atoms with van der Waals surface area (Å²) in [4.78, 5) is 0. The predicted octanol–water partition coefficient (Wildman–Crippen LogP) is 1.43. The Kier molecular flexibility index (Phi) is 4.24. The van der Waals surface area contributed by atoms with Crippen molar-refractivity contribution in [1.29, 1.82) is 0 Å². The average molecular weight is 209 g/mol. The first-order valence-electron chi connectivity index (χ1n) is 5.13.